The van der Waals surface area contributed by atoms with Gasteiger partial charge in [0.25, 0.3) is 5.91 Å². The van der Waals surface area contributed by atoms with Crippen LogP contribution in [0.4, 0.5) is 13.2 Å². The van der Waals surface area contributed by atoms with Gasteiger partial charge in [-0.15, -0.1) is 0 Å². The molecule has 0 radical (unpaired) electrons. The van der Waals surface area contributed by atoms with E-state index in [2.05, 4.69) is 20.9 Å². The summed E-state index contributed by atoms with van der Waals surface area (Å²) in [5, 5.41) is 0.887. The average Bonchev–Trinajstić information content (AvgIpc) is 2.46. The molecule has 2 rings (SSSR count). The van der Waals surface area contributed by atoms with Crippen LogP contribution in [-0.4, -0.2) is 34.2 Å². The smallest absolute Gasteiger partial charge is 0.337 e. The third-order valence-electron chi connectivity index (χ3n) is 3.63. The molecule has 0 spiro atoms. The van der Waals surface area contributed by atoms with E-state index >= 15 is 0 Å². The van der Waals surface area contributed by atoms with E-state index in [1.165, 1.54) is 0 Å². The lowest BCUT2D eigenvalue weighted by Gasteiger charge is -2.32. The van der Waals surface area contributed by atoms with Gasteiger partial charge in [0.15, 0.2) is 0 Å². The molecular formula is C14H16BrF3N2O. The minimum atomic E-state index is -4.43. The molecule has 1 aromatic heterocycles. The molecule has 2 heterocycles. The molecule has 1 saturated heterocycles. The number of pyridine rings is 1. The highest BCUT2D eigenvalue weighted by Gasteiger charge is 2.31. The molecular weight excluding hydrogens is 349 g/mol. The highest BCUT2D eigenvalue weighted by Crippen LogP contribution is 2.28. The Morgan fingerprint density at radius 3 is 2.76 bits per heavy atom. The molecule has 21 heavy (non-hydrogen) atoms. The van der Waals surface area contributed by atoms with Crippen molar-refractivity contribution in [2.24, 2.45) is 5.92 Å². The van der Waals surface area contributed by atoms with E-state index in [0.717, 1.165) is 36.7 Å². The molecule has 1 aliphatic heterocycles. The quantitative estimate of drug-likeness (QED) is 0.765. The molecule has 0 N–H and O–H groups in total. The van der Waals surface area contributed by atoms with Gasteiger partial charge < -0.3 is 4.90 Å². The van der Waals surface area contributed by atoms with E-state index in [9.17, 15) is 18.0 Å². The van der Waals surface area contributed by atoms with Gasteiger partial charge in [-0.3, -0.25) is 9.78 Å². The van der Waals surface area contributed by atoms with Gasteiger partial charge in [0.1, 0.15) is 5.69 Å². The van der Waals surface area contributed by atoms with E-state index < -0.39 is 11.7 Å². The summed E-state index contributed by atoms with van der Waals surface area (Å²) in [6.45, 7) is 1.29. The van der Waals surface area contributed by atoms with Crippen LogP contribution < -0.4 is 0 Å². The van der Waals surface area contributed by atoms with Crippen molar-refractivity contribution in [2.45, 2.75) is 25.4 Å². The number of piperidine rings is 1. The number of likely N-dealkylation sites (tertiary alicyclic amines) is 1. The van der Waals surface area contributed by atoms with Crippen LogP contribution in [0.25, 0.3) is 0 Å². The predicted molar refractivity (Wildman–Crippen MR) is 76.3 cm³/mol. The number of hydrogen-bond acceptors (Lipinski definition) is 2. The molecule has 1 amide bonds. The summed E-state index contributed by atoms with van der Waals surface area (Å²) >= 11 is 3.39. The number of alkyl halides is 4. The van der Waals surface area contributed by atoms with Gasteiger partial charge in [0.2, 0.25) is 0 Å². The normalized spacial score (nSPS) is 19.6. The zero-order valence-corrected chi connectivity index (χ0v) is 13.0. The summed E-state index contributed by atoms with van der Waals surface area (Å²) in [7, 11) is 0. The second-order valence-electron chi connectivity index (χ2n) is 5.17. The third kappa shape index (κ3) is 4.18. The second-order valence-corrected chi connectivity index (χ2v) is 5.96. The summed E-state index contributed by atoms with van der Waals surface area (Å²) in [4.78, 5) is 17.6. The number of nitrogens with zero attached hydrogens (tertiary/aromatic N) is 2. The van der Waals surface area contributed by atoms with Crippen molar-refractivity contribution in [3.8, 4) is 0 Å². The largest absolute Gasteiger partial charge is 0.417 e. The first kappa shape index (κ1) is 16.3. The fourth-order valence-corrected chi connectivity index (χ4v) is 3.14. The van der Waals surface area contributed by atoms with E-state index in [0.29, 0.717) is 25.2 Å². The fourth-order valence-electron chi connectivity index (χ4n) is 2.49. The molecule has 7 heteroatoms. The van der Waals surface area contributed by atoms with Crippen LogP contribution in [0.1, 0.15) is 35.3 Å². The van der Waals surface area contributed by atoms with Crippen molar-refractivity contribution in [3.63, 3.8) is 0 Å². The monoisotopic (exact) mass is 364 g/mol. The molecule has 1 fully saturated rings. The maximum absolute atomic E-state index is 12.5. The number of halogens is 4. The summed E-state index contributed by atoms with van der Waals surface area (Å²) < 4.78 is 37.4. The molecule has 0 bridgehead atoms. The number of carbonyl (C=O) groups is 1. The van der Waals surface area contributed by atoms with Crippen LogP contribution in [0.2, 0.25) is 0 Å². The Kier molecular flexibility index (Phi) is 5.24. The van der Waals surface area contributed by atoms with Crippen molar-refractivity contribution < 1.29 is 18.0 Å². The summed E-state index contributed by atoms with van der Waals surface area (Å²) in [6, 6.07) is 2.05. The Labute approximate surface area is 129 Å². The van der Waals surface area contributed by atoms with Crippen molar-refractivity contribution >= 4 is 21.8 Å². The van der Waals surface area contributed by atoms with Gasteiger partial charge in [-0.1, -0.05) is 15.9 Å². The minimum Gasteiger partial charge on any atom is -0.337 e. The second kappa shape index (κ2) is 6.77. The predicted octanol–water partition coefficient (Wildman–Crippen LogP) is 3.74. The first-order valence-electron chi connectivity index (χ1n) is 6.80. The lowest BCUT2D eigenvalue weighted by Crippen LogP contribution is -2.40. The number of carbonyl (C=O) groups excluding carboxylic acids is 1. The molecule has 0 saturated carbocycles. The number of aromatic nitrogens is 1. The van der Waals surface area contributed by atoms with Crippen molar-refractivity contribution in [3.05, 3.63) is 29.6 Å². The van der Waals surface area contributed by atoms with Crippen LogP contribution in [0, 0.1) is 5.92 Å². The van der Waals surface area contributed by atoms with E-state index in [1.54, 1.807) is 4.90 Å². The minimum absolute atomic E-state index is 0.0718. The van der Waals surface area contributed by atoms with Crippen molar-refractivity contribution in [1.29, 1.82) is 0 Å². The zero-order valence-electron chi connectivity index (χ0n) is 11.4. The molecule has 1 aromatic rings. The molecule has 1 aliphatic rings. The summed E-state index contributed by atoms with van der Waals surface area (Å²) in [5.41, 5.74) is -0.766. The van der Waals surface area contributed by atoms with Crippen molar-refractivity contribution in [1.82, 2.24) is 9.88 Å². The Morgan fingerprint density at radius 1 is 1.43 bits per heavy atom. The Balaban J connectivity index is 2.05. The highest BCUT2D eigenvalue weighted by atomic mass is 79.9. The molecule has 1 unspecified atom stereocenters. The van der Waals surface area contributed by atoms with Gasteiger partial charge in [0, 0.05) is 24.6 Å². The Morgan fingerprint density at radius 2 is 2.19 bits per heavy atom. The van der Waals surface area contributed by atoms with Crippen LogP contribution in [0.15, 0.2) is 18.3 Å². The maximum Gasteiger partial charge on any atom is 0.417 e. The highest BCUT2D eigenvalue weighted by molar-refractivity contribution is 9.09. The van der Waals surface area contributed by atoms with Gasteiger partial charge in [0.05, 0.1) is 5.56 Å². The standard InChI is InChI=1S/C14H16BrF3N2O/c15-6-5-10-2-1-7-20(9-10)13(21)12-4-3-11(8-19-12)14(16,17)18/h3-4,8,10H,1-2,5-7,9H2. The molecule has 1 atom stereocenters. The van der Waals surface area contributed by atoms with Crippen LogP contribution in [-0.2, 0) is 6.18 Å². The molecule has 116 valence electrons. The van der Waals surface area contributed by atoms with Crippen LogP contribution in [0.5, 0.6) is 0 Å². The maximum atomic E-state index is 12.5. The zero-order chi connectivity index (χ0) is 15.5. The molecule has 0 aromatic carbocycles. The first-order valence-corrected chi connectivity index (χ1v) is 7.92. The number of hydrogen-bond donors (Lipinski definition) is 0. The van der Waals surface area contributed by atoms with Gasteiger partial charge in [-0.2, -0.15) is 13.2 Å². The SMILES string of the molecule is O=C(c1ccc(C(F)(F)F)cn1)N1CCCC(CCBr)C1. The summed E-state index contributed by atoms with van der Waals surface area (Å²) in [5.74, 6) is 0.152. The number of amides is 1. The molecule has 0 aliphatic carbocycles. The average molecular weight is 365 g/mol. The Hall–Kier alpha value is -1.11. The van der Waals surface area contributed by atoms with E-state index in [-0.39, 0.29) is 11.6 Å². The summed E-state index contributed by atoms with van der Waals surface area (Å²) in [6.07, 6.45) is -0.724. The Bertz CT molecular complexity index is 488. The lowest BCUT2D eigenvalue weighted by atomic mass is 9.95. The lowest BCUT2D eigenvalue weighted by molar-refractivity contribution is -0.137. The van der Waals surface area contributed by atoms with Gasteiger partial charge in [-0.05, 0) is 37.3 Å². The first-order chi connectivity index (χ1) is 9.91. The van der Waals surface area contributed by atoms with E-state index in [1.807, 2.05) is 0 Å². The third-order valence-corrected chi connectivity index (χ3v) is 4.09. The van der Waals surface area contributed by atoms with E-state index in [4.69, 9.17) is 0 Å². The van der Waals surface area contributed by atoms with Gasteiger partial charge in [-0.25, -0.2) is 0 Å². The molecule has 3 nitrogen and oxygen atoms in total. The number of rotatable bonds is 3. The topological polar surface area (TPSA) is 33.2 Å². The van der Waals surface area contributed by atoms with Gasteiger partial charge >= 0.3 is 6.18 Å². The van der Waals surface area contributed by atoms with Crippen molar-refractivity contribution in [2.75, 3.05) is 18.4 Å². The fraction of sp³-hybridized carbons (Fsp3) is 0.571. The van der Waals surface area contributed by atoms with Crippen LogP contribution >= 0.6 is 15.9 Å². The van der Waals surface area contributed by atoms with Crippen LogP contribution in [0.3, 0.4) is 0 Å².